The molecule has 2 unspecified atom stereocenters. The van der Waals surface area contributed by atoms with Crippen LogP contribution in [-0.2, 0) is 9.84 Å². The van der Waals surface area contributed by atoms with Crippen LogP contribution < -0.4 is 5.73 Å². The van der Waals surface area contributed by atoms with E-state index in [0.29, 0.717) is 6.42 Å². The molecule has 3 nitrogen and oxygen atoms in total. The van der Waals surface area contributed by atoms with E-state index < -0.39 is 9.84 Å². The van der Waals surface area contributed by atoms with Crippen LogP contribution in [0.3, 0.4) is 0 Å². The van der Waals surface area contributed by atoms with Gasteiger partial charge < -0.3 is 5.73 Å². The molecule has 1 fully saturated rings. The van der Waals surface area contributed by atoms with Gasteiger partial charge in [0, 0.05) is 6.04 Å². The monoisotopic (exact) mass is 233 g/mol. The number of sulfone groups is 1. The molecule has 90 valence electrons. The second-order valence-corrected chi connectivity index (χ2v) is 7.65. The van der Waals surface area contributed by atoms with Gasteiger partial charge in [0.05, 0.1) is 11.0 Å². The maximum Gasteiger partial charge on any atom is 0.154 e. The van der Waals surface area contributed by atoms with Crippen LogP contribution in [0, 0.1) is 5.41 Å². The van der Waals surface area contributed by atoms with Gasteiger partial charge in [0.2, 0.25) is 0 Å². The molecule has 0 heterocycles. The Hall–Kier alpha value is -0.0900. The molecular formula is C11H23NO2S. The molecule has 0 bridgehead atoms. The summed E-state index contributed by atoms with van der Waals surface area (Å²) in [7, 11) is -2.98. The van der Waals surface area contributed by atoms with Gasteiger partial charge in [-0.1, -0.05) is 27.2 Å². The van der Waals surface area contributed by atoms with Gasteiger partial charge in [0.15, 0.2) is 9.84 Å². The number of nitrogens with two attached hydrogens (primary N) is 1. The lowest BCUT2D eigenvalue weighted by atomic mass is 9.73. The first-order valence-electron chi connectivity index (χ1n) is 5.78. The van der Waals surface area contributed by atoms with Crippen molar-refractivity contribution in [2.45, 2.75) is 57.7 Å². The summed E-state index contributed by atoms with van der Waals surface area (Å²) in [6, 6.07) is -0.206. The molecule has 4 heteroatoms. The van der Waals surface area contributed by atoms with Crippen molar-refractivity contribution in [3.8, 4) is 0 Å². The SMILES string of the molecule is CCCS(=O)(=O)C1CCCC(C)(C)C1N. The fourth-order valence-corrected chi connectivity index (χ4v) is 4.66. The van der Waals surface area contributed by atoms with E-state index in [-0.39, 0.29) is 22.5 Å². The molecule has 0 saturated heterocycles. The van der Waals surface area contributed by atoms with E-state index in [4.69, 9.17) is 5.73 Å². The Balaban J connectivity index is 2.87. The summed E-state index contributed by atoms with van der Waals surface area (Å²) in [4.78, 5) is 0. The van der Waals surface area contributed by atoms with E-state index >= 15 is 0 Å². The van der Waals surface area contributed by atoms with Gasteiger partial charge in [-0.25, -0.2) is 8.42 Å². The smallest absolute Gasteiger partial charge is 0.154 e. The molecule has 0 aromatic rings. The van der Waals surface area contributed by atoms with Crippen LogP contribution in [0.4, 0.5) is 0 Å². The zero-order valence-corrected chi connectivity index (χ0v) is 10.8. The lowest BCUT2D eigenvalue weighted by molar-refractivity contribution is 0.204. The number of rotatable bonds is 3. The highest BCUT2D eigenvalue weighted by molar-refractivity contribution is 7.92. The average molecular weight is 233 g/mol. The van der Waals surface area contributed by atoms with Crippen molar-refractivity contribution >= 4 is 9.84 Å². The predicted octanol–water partition coefficient (Wildman–Crippen LogP) is 1.72. The lowest BCUT2D eigenvalue weighted by Crippen LogP contribution is -2.53. The van der Waals surface area contributed by atoms with Crippen molar-refractivity contribution in [2.75, 3.05) is 5.75 Å². The Bertz CT molecular complexity index is 309. The van der Waals surface area contributed by atoms with Gasteiger partial charge in [-0.05, 0) is 24.7 Å². The minimum absolute atomic E-state index is 0.0380. The summed E-state index contributed by atoms with van der Waals surface area (Å²) in [5.41, 5.74) is 6.06. The first-order valence-corrected chi connectivity index (χ1v) is 7.50. The van der Waals surface area contributed by atoms with E-state index in [2.05, 4.69) is 13.8 Å². The maximum absolute atomic E-state index is 12.0. The Morgan fingerprint density at radius 3 is 2.53 bits per heavy atom. The molecule has 1 saturated carbocycles. The fourth-order valence-electron chi connectivity index (χ4n) is 2.45. The van der Waals surface area contributed by atoms with Crippen LogP contribution in [0.2, 0.25) is 0 Å². The highest BCUT2D eigenvalue weighted by Crippen LogP contribution is 2.37. The Labute approximate surface area is 93.3 Å². The molecule has 1 aliphatic carbocycles. The predicted molar refractivity (Wildman–Crippen MR) is 63.5 cm³/mol. The summed E-state index contributed by atoms with van der Waals surface area (Å²) >= 11 is 0. The molecule has 1 rings (SSSR count). The molecule has 2 N–H and O–H groups in total. The third-order valence-electron chi connectivity index (χ3n) is 3.56. The molecule has 1 aliphatic rings. The van der Waals surface area contributed by atoms with E-state index in [1.807, 2.05) is 6.92 Å². The standard InChI is InChI=1S/C11H23NO2S/c1-4-8-15(13,14)9-6-5-7-11(2,3)10(9)12/h9-10H,4-8,12H2,1-3H3. The zero-order valence-electron chi connectivity index (χ0n) is 9.99. The van der Waals surface area contributed by atoms with Gasteiger partial charge in [-0.3, -0.25) is 0 Å². The molecule has 0 aromatic carbocycles. The quantitative estimate of drug-likeness (QED) is 0.807. The number of hydrogen-bond donors (Lipinski definition) is 1. The van der Waals surface area contributed by atoms with Crippen LogP contribution >= 0.6 is 0 Å². The van der Waals surface area contributed by atoms with E-state index in [1.165, 1.54) is 0 Å². The minimum Gasteiger partial charge on any atom is -0.326 e. The van der Waals surface area contributed by atoms with Gasteiger partial charge in [0.25, 0.3) is 0 Å². The number of hydrogen-bond acceptors (Lipinski definition) is 3. The third kappa shape index (κ3) is 2.72. The van der Waals surface area contributed by atoms with Crippen molar-refractivity contribution < 1.29 is 8.42 Å². The Morgan fingerprint density at radius 2 is 2.00 bits per heavy atom. The minimum atomic E-state index is -2.98. The third-order valence-corrected chi connectivity index (χ3v) is 5.99. The average Bonchev–Trinajstić information content (AvgIpc) is 2.09. The van der Waals surface area contributed by atoms with Crippen molar-refractivity contribution in [2.24, 2.45) is 11.1 Å². The first-order chi connectivity index (χ1) is 6.81. The largest absolute Gasteiger partial charge is 0.326 e. The van der Waals surface area contributed by atoms with Crippen molar-refractivity contribution in [1.82, 2.24) is 0 Å². The lowest BCUT2D eigenvalue weighted by Gasteiger charge is -2.41. The summed E-state index contributed by atoms with van der Waals surface area (Å²) in [5, 5.41) is -0.318. The Kier molecular flexibility index (Phi) is 3.82. The van der Waals surface area contributed by atoms with E-state index in [9.17, 15) is 8.42 Å². The molecule has 0 aliphatic heterocycles. The van der Waals surface area contributed by atoms with E-state index in [1.54, 1.807) is 0 Å². The normalized spacial score (nSPS) is 31.5. The Morgan fingerprint density at radius 1 is 1.40 bits per heavy atom. The zero-order chi connectivity index (χ0) is 11.7. The van der Waals surface area contributed by atoms with Crippen LogP contribution in [0.25, 0.3) is 0 Å². The van der Waals surface area contributed by atoms with Gasteiger partial charge >= 0.3 is 0 Å². The van der Waals surface area contributed by atoms with Crippen LogP contribution in [0.15, 0.2) is 0 Å². The van der Waals surface area contributed by atoms with Gasteiger partial charge in [-0.15, -0.1) is 0 Å². The topological polar surface area (TPSA) is 60.2 Å². The van der Waals surface area contributed by atoms with Crippen molar-refractivity contribution in [3.63, 3.8) is 0 Å². The molecule has 0 amide bonds. The highest BCUT2D eigenvalue weighted by atomic mass is 32.2. The molecule has 0 spiro atoms. The maximum atomic E-state index is 12.0. The summed E-state index contributed by atoms with van der Waals surface area (Å²) in [5.74, 6) is 0.279. The van der Waals surface area contributed by atoms with Gasteiger partial charge in [-0.2, -0.15) is 0 Å². The van der Waals surface area contributed by atoms with Crippen molar-refractivity contribution in [3.05, 3.63) is 0 Å². The second-order valence-electron chi connectivity index (χ2n) is 5.31. The summed E-state index contributed by atoms with van der Waals surface area (Å²) in [6.45, 7) is 6.05. The van der Waals surface area contributed by atoms with Crippen LogP contribution in [0.1, 0.15) is 46.5 Å². The second kappa shape index (κ2) is 4.42. The van der Waals surface area contributed by atoms with E-state index in [0.717, 1.165) is 19.3 Å². The van der Waals surface area contributed by atoms with Crippen LogP contribution in [0.5, 0.6) is 0 Å². The van der Waals surface area contributed by atoms with Gasteiger partial charge in [0.1, 0.15) is 0 Å². The fraction of sp³-hybridized carbons (Fsp3) is 1.00. The van der Waals surface area contributed by atoms with Crippen molar-refractivity contribution in [1.29, 1.82) is 0 Å². The molecule has 2 atom stereocenters. The summed E-state index contributed by atoms with van der Waals surface area (Å²) < 4.78 is 24.0. The molecular weight excluding hydrogens is 210 g/mol. The molecule has 0 aromatic heterocycles. The first kappa shape index (κ1) is 13.0. The summed E-state index contributed by atoms with van der Waals surface area (Å²) in [6.07, 6.45) is 3.44. The molecule has 15 heavy (non-hydrogen) atoms. The van der Waals surface area contributed by atoms with Crippen LogP contribution in [-0.4, -0.2) is 25.5 Å². The highest BCUT2D eigenvalue weighted by Gasteiger charge is 2.42. The molecule has 0 radical (unpaired) electrons.